The van der Waals surface area contributed by atoms with E-state index in [9.17, 15) is 9.59 Å². The lowest BCUT2D eigenvalue weighted by atomic mass is 10.0. The third-order valence-corrected chi connectivity index (χ3v) is 4.48. The standard InChI is InChI=1S/C22H23N3O3/c1-15(22(27)24-14-16-10-11-23-21(12-16)28-2)25-20(26)13-18-8-5-7-17-6-3-4-9-19(17)18/h3-12,15H,13-14H2,1-2H3,(H,24,27)(H,25,26)/t15-/m0/s1. The Morgan fingerprint density at radius 2 is 1.89 bits per heavy atom. The van der Waals surface area contributed by atoms with Crippen LogP contribution < -0.4 is 15.4 Å². The summed E-state index contributed by atoms with van der Waals surface area (Å²) in [6, 6.07) is 16.7. The first-order valence-electron chi connectivity index (χ1n) is 9.09. The van der Waals surface area contributed by atoms with E-state index < -0.39 is 6.04 Å². The molecule has 1 aromatic heterocycles. The molecule has 6 heteroatoms. The molecular formula is C22H23N3O3. The molecule has 0 radical (unpaired) electrons. The lowest BCUT2D eigenvalue weighted by molar-refractivity contribution is -0.128. The highest BCUT2D eigenvalue weighted by Crippen LogP contribution is 2.18. The third kappa shape index (κ3) is 4.85. The molecule has 3 rings (SSSR count). The molecule has 0 saturated carbocycles. The lowest BCUT2D eigenvalue weighted by Gasteiger charge is -2.15. The summed E-state index contributed by atoms with van der Waals surface area (Å²) < 4.78 is 5.07. The maximum absolute atomic E-state index is 12.4. The van der Waals surface area contributed by atoms with Gasteiger partial charge in [0.15, 0.2) is 0 Å². The fraction of sp³-hybridized carbons (Fsp3) is 0.227. The van der Waals surface area contributed by atoms with Gasteiger partial charge in [-0.3, -0.25) is 9.59 Å². The number of fused-ring (bicyclic) bond motifs is 1. The Hall–Kier alpha value is -3.41. The average Bonchev–Trinajstić information content (AvgIpc) is 2.72. The minimum atomic E-state index is -0.633. The molecule has 0 fully saturated rings. The van der Waals surface area contributed by atoms with Crippen molar-refractivity contribution in [2.24, 2.45) is 0 Å². The number of rotatable bonds is 7. The predicted molar refractivity (Wildman–Crippen MR) is 108 cm³/mol. The Labute approximate surface area is 163 Å². The largest absolute Gasteiger partial charge is 0.481 e. The maximum atomic E-state index is 12.4. The normalized spacial score (nSPS) is 11.6. The van der Waals surface area contributed by atoms with E-state index in [1.54, 1.807) is 25.3 Å². The molecule has 144 valence electrons. The summed E-state index contributed by atoms with van der Waals surface area (Å²) in [6.07, 6.45) is 1.84. The van der Waals surface area contributed by atoms with Crippen LogP contribution >= 0.6 is 0 Å². The molecule has 28 heavy (non-hydrogen) atoms. The van der Waals surface area contributed by atoms with E-state index in [0.29, 0.717) is 12.4 Å². The number of methoxy groups -OCH3 is 1. The number of hydrogen-bond acceptors (Lipinski definition) is 4. The van der Waals surface area contributed by atoms with Gasteiger partial charge in [0.2, 0.25) is 17.7 Å². The molecule has 3 aromatic rings. The Balaban J connectivity index is 1.55. The van der Waals surface area contributed by atoms with Gasteiger partial charge in [0.1, 0.15) is 6.04 Å². The summed E-state index contributed by atoms with van der Waals surface area (Å²) in [5, 5.41) is 7.71. The number of ether oxygens (including phenoxy) is 1. The number of nitrogens with one attached hydrogen (secondary N) is 2. The van der Waals surface area contributed by atoms with E-state index in [2.05, 4.69) is 15.6 Å². The zero-order valence-corrected chi connectivity index (χ0v) is 15.9. The van der Waals surface area contributed by atoms with Gasteiger partial charge in [0.25, 0.3) is 0 Å². The van der Waals surface area contributed by atoms with Crippen molar-refractivity contribution in [1.82, 2.24) is 15.6 Å². The quantitative estimate of drug-likeness (QED) is 0.663. The van der Waals surface area contributed by atoms with E-state index in [1.165, 1.54) is 7.11 Å². The number of benzene rings is 2. The van der Waals surface area contributed by atoms with Crippen LogP contribution in [-0.2, 0) is 22.6 Å². The first-order chi connectivity index (χ1) is 13.6. The van der Waals surface area contributed by atoms with E-state index >= 15 is 0 Å². The van der Waals surface area contributed by atoms with Crippen molar-refractivity contribution in [2.45, 2.75) is 25.9 Å². The molecule has 0 aliphatic carbocycles. The zero-order valence-electron chi connectivity index (χ0n) is 15.9. The second-order valence-corrected chi connectivity index (χ2v) is 6.53. The molecule has 2 aromatic carbocycles. The molecule has 2 amide bonds. The first kappa shape index (κ1) is 19.4. The van der Waals surface area contributed by atoms with Gasteiger partial charge in [-0.15, -0.1) is 0 Å². The van der Waals surface area contributed by atoms with Gasteiger partial charge in [-0.25, -0.2) is 4.98 Å². The number of nitrogens with zero attached hydrogens (tertiary/aromatic N) is 1. The van der Waals surface area contributed by atoms with Crippen LogP contribution in [0.5, 0.6) is 5.88 Å². The van der Waals surface area contributed by atoms with Crippen molar-refractivity contribution >= 4 is 22.6 Å². The number of carbonyl (C=O) groups excluding carboxylic acids is 2. The Bertz CT molecular complexity index is 982. The summed E-state index contributed by atoms with van der Waals surface area (Å²) in [5.41, 5.74) is 1.81. The second kappa shape index (κ2) is 8.99. The molecule has 6 nitrogen and oxygen atoms in total. The number of carbonyl (C=O) groups is 2. The maximum Gasteiger partial charge on any atom is 0.242 e. The van der Waals surface area contributed by atoms with Crippen molar-refractivity contribution in [3.8, 4) is 5.88 Å². The summed E-state index contributed by atoms with van der Waals surface area (Å²) in [5.74, 6) is 0.0508. The van der Waals surface area contributed by atoms with Crippen LogP contribution in [0.15, 0.2) is 60.8 Å². The SMILES string of the molecule is COc1cc(CNC(=O)[C@H](C)NC(=O)Cc2cccc3ccccc23)ccn1. The van der Waals surface area contributed by atoms with Gasteiger partial charge in [-0.05, 0) is 34.9 Å². The summed E-state index contributed by atoms with van der Waals surface area (Å²) in [7, 11) is 1.54. The van der Waals surface area contributed by atoms with Crippen LogP contribution in [0.25, 0.3) is 10.8 Å². The summed E-state index contributed by atoms with van der Waals surface area (Å²) in [4.78, 5) is 28.7. The fourth-order valence-corrected chi connectivity index (χ4v) is 2.99. The van der Waals surface area contributed by atoms with E-state index in [1.807, 2.05) is 42.5 Å². The molecule has 2 N–H and O–H groups in total. The van der Waals surface area contributed by atoms with E-state index in [4.69, 9.17) is 4.74 Å². The van der Waals surface area contributed by atoms with Crippen molar-refractivity contribution in [3.05, 3.63) is 71.9 Å². The van der Waals surface area contributed by atoms with Gasteiger partial charge < -0.3 is 15.4 Å². The monoisotopic (exact) mass is 377 g/mol. The topological polar surface area (TPSA) is 80.3 Å². The second-order valence-electron chi connectivity index (χ2n) is 6.53. The van der Waals surface area contributed by atoms with Crippen LogP contribution in [0.3, 0.4) is 0 Å². The van der Waals surface area contributed by atoms with Crippen LogP contribution in [-0.4, -0.2) is 29.9 Å². The highest BCUT2D eigenvalue weighted by molar-refractivity contribution is 5.92. The average molecular weight is 377 g/mol. The van der Waals surface area contributed by atoms with Crippen LogP contribution in [0.2, 0.25) is 0 Å². The number of aromatic nitrogens is 1. The molecule has 0 bridgehead atoms. The van der Waals surface area contributed by atoms with Gasteiger partial charge in [0, 0.05) is 18.8 Å². The van der Waals surface area contributed by atoms with Gasteiger partial charge in [-0.1, -0.05) is 42.5 Å². The highest BCUT2D eigenvalue weighted by Gasteiger charge is 2.16. The van der Waals surface area contributed by atoms with Crippen LogP contribution in [0.1, 0.15) is 18.1 Å². The number of amides is 2. The Kier molecular flexibility index (Phi) is 6.22. The lowest BCUT2D eigenvalue weighted by Crippen LogP contribution is -2.45. The van der Waals surface area contributed by atoms with Crippen LogP contribution in [0.4, 0.5) is 0 Å². The van der Waals surface area contributed by atoms with E-state index in [0.717, 1.165) is 21.9 Å². The molecule has 0 saturated heterocycles. The fourth-order valence-electron chi connectivity index (χ4n) is 2.99. The molecule has 1 heterocycles. The van der Waals surface area contributed by atoms with Crippen LogP contribution in [0, 0.1) is 0 Å². The van der Waals surface area contributed by atoms with Crippen molar-refractivity contribution < 1.29 is 14.3 Å². The molecule has 1 atom stereocenters. The number of pyridine rings is 1. The predicted octanol–water partition coefficient (Wildman–Crippen LogP) is 2.61. The molecule has 0 unspecified atom stereocenters. The van der Waals surface area contributed by atoms with Crippen molar-refractivity contribution in [3.63, 3.8) is 0 Å². The van der Waals surface area contributed by atoms with Gasteiger partial charge >= 0.3 is 0 Å². The van der Waals surface area contributed by atoms with Crippen molar-refractivity contribution in [2.75, 3.05) is 7.11 Å². The van der Waals surface area contributed by atoms with Crippen molar-refractivity contribution in [1.29, 1.82) is 0 Å². The zero-order chi connectivity index (χ0) is 19.9. The van der Waals surface area contributed by atoms with Gasteiger partial charge in [0.05, 0.1) is 13.5 Å². The van der Waals surface area contributed by atoms with Gasteiger partial charge in [-0.2, -0.15) is 0 Å². The molecule has 0 aliphatic rings. The Morgan fingerprint density at radius 1 is 1.11 bits per heavy atom. The summed E-state index contributed by atoms with van der Waals surface area (Å²) >= 11 is 0. The molecule has 0 spiro atoms. The first-order valence-corrected chi connectivity index (χ1v) is 9.09. The number of hydrogen-bond donors (Lipinski definition) is 2. The molecule has 0 aliphatic heterocycles. The smallest absolute Gasteiger partial charge is 0.242 e. The minimum absolute atomic E-state index is 0.190. The molecular weight excluding hydrogens is 354 g/mol. The highest BCUT2D eigenvalue weighted by atomic mass is 16.5. The third-order valence-electron chi connectivity index (χ3n) is 4.48. The summed E-state index contributed by atoms with van der Waals surface area (Å²) in [6.45, 7) is 2.00. The Morgan fingerprint density at radius 3 is 2.71 bits per heavy atom. The van der Waals surface area contributed by atoms with E-state index in [-0.39, 0.29) is 18.2 Å². The minimum Gasteiger partial charge on any atom is -0.481 e.